The minimum Gasteiger partial charge on any atom is -0.496 e. The van der Waals surface area contributed by atoms with Crippen LogP contribution in [0.1, 0.15) is 36.2 Å². The fourth-order valence-corrected chi connectivity index (χ4v) is 3.36. The summed E-state index contributed by atoms with van der Waals surface area (Å²) < 4.78 is 11.4. The molecule has 1 atom stereocenters. The number of thiophene rings is 1. The lowest BCUT2D eigenvalue weighted by Crippen LogP contribution is -2.21. The van der Waals surface area contributed by atoms with Gasteiger partial charge in [-0.3, -0.25) is 0 Å². The number of methoxy groups -OCH3 is 1. The Morgan fingerprint density at radius 3 is 2.90 bits per heavy atom. The first-order chi connectivity index (χ1) is 10.3. The summed E-state index contributed by atoms with van der Waals surface area (Å²) in [7, 11) is 1.72. The fourth-order valence-electron chi connectivity index (χ4n) is 2.40. The number of benzene rings is 1. The van der Waals surface area contributed by atoms with Crippen molar-refractivity contribution in [2.75, 3.05) is 13.7 Å². The van der Waals surface area contributed by atoms with Gasteiger partial charge in [-0.1, -0.05) is 19.1 Å². The number of nitrogens with one attached hydrogen (secondary N) is 1. The molecule has 1 aromatic carbocycles. The molecule has 1 saturated carbocycles. The van der Waals surface area contributed by atoms with Crippen molar-refractivity contribution < 1.29 is 9.47 Å². The highest BCUT2D eigenvalue weighted by Gasteiger charge is 2.24. The molecule has 2 aromatic rings. The van der Waals surface area contributed by atoms with Gasteiger partial charge < -0.3 is 14.8 Å². The summed E-state index contributed by atoms with van der Waals surface area (Å²) in [5, 5.41) is 5.62. The van der Waals surface area contributed by atoms with Gasteiger partial charge in [-0.05, 0) is 48.5 Å². The van der Waals surface area contributed by atoms with Crippen molar-refractivity contribution in [3.8, 4) is 11.5 Å². The Balaban J connectivity index is 1.89. The summed E-state index contributed by atoms with van der Waals surface area (Å²) in [5.41, 5.74) is 1.22. The van der Waals surface area contributed by atoms with E-state index in [4.69, 9.17) is 9.47 Å². The molecule has 0 bridgehead atoms. The molecule has 1 aromatic heterocycles. The predicted molar refractivity (Wildman–Crippen MR) is 86.5 cm³/mol. The molecule has 112 valence electrons. The van der Waals surface area contributed by atoms with E-state index in [1.54, 1.807) is 18.4 Å². The van der Waals surface area contributed by atoms with E-state index < -0.39 is 0 Å². The van der Waals surface area contributed by atoms with Crippen LogP contribution in [0.15, 0.2) is 35.7 Å². The molecular weight excluding hydrogens is 282 g/mol. The predicted octanol–water partition coefficient (Wildman–Crippen LogP) is 4.00. The molecule has 0 saturated heterocycles. The Morgan fingerprint density at radius 2 is 2.19 bits per heavy atom. The molecule has 1 unspecified atom stereocenters. The first kappa shape index (κ1) is 14.4. The van der Waals surface area contributed by atoms with Crippen molar-refractivity contribution in [3.05, 3.63) is 46.2 Å². The van der Waals surface area contributed by atoms with E-state index in [0.29, 0.717) is 6.10 Å². The zero-order valence-electron chi connectivity index (χ0n) is 12.5. The molecule has 1 fully saturated rings. The van der Waals surface area contributed by atoms with Gasteiger partial charge in [0.25, 0.3) is 0 Å². The van der Waals surface area contributed by atoms with Gasteiger partial charge in [0.1, 0.15) is 11.5 Å². The largest absolute Gasteiger partial charge is 0.496 e. The molecule has 0 spiro atoms. The van der Waals surface area contributed by atoms with Gasteiger partial charge in [0.2, 0.25) is 0 Å². The zero-order chi connectivity index (χ0) is 14.7. The Morgan fingerprint density at radius 1 is 1.33 bits per heavy atom. The van der Waals surface area contributed by atoms with E-state index >= 15 is 0 Å². The molecule has 21 heavy (non-hydrogen) atoms. The monoisotopic (exact) mass is 303 g/mol. The van der Waals surface area contributed by atoms with Crippen LogP contribution in [0.3, 0.4) is 0 Å². The topological polar surface area (TPSA) is 30.5 Å². The summed E-state index contributed by atoms with van der Waals surface area (Å²) in [5.74, 6) is 1.91. The van der Waals surface area contributed by atoms with Gasteiger partial charge in [0.05, 0.1) is 24.1 Å². The summed E-state index contributed by atoms with van der Waals surface area (Å²) in [6, 6.07) is 10.6. The van der Waals surface area contributed by atoms with Crippen molar-refractivity contribution in [2.45, 2.75) is 31.9 Å². The Bertz CT molecular complexity index is 592. The maximum Gasteiger partial charge on any atom is 0.134 e. The van der Waals surface area contributed by atoms with E-state index in [-0.39, 0.29) is 6.04 Å². The van der Waals surface area contributed by atoms with Crippen molar-refractivity contribution >= 4 is 11.3 Å². The van der Waals surface area contributed by atoms with Crippen LogP contribution in [0, 0.1) is 0 Å². The van der Waals surface area contributed by atoms with E-state index in [0.717, 1.165) is 18.0 Å². The van der Waals surface area contributed by atoms with Crippen molar-refractivity contribution in [3.63, 3.8) is 0 Å². The molecule has 4 heteroatoms. The minimum atomic E-state index is 0.146. The molecule has 3 nitrogen and oxygen atoms in total. The molecule has 3 rings (SSSR count). The Kier molecular flexibility index (Phi) is 4.46. The van der Waals surface area contributed by atoms with E-state index in [1.807, 2.05) is 12.1 Å². The lowest BCUT2D eigenvalue weighted by Gasteiger charge is -2.19. The molecule has 1 heterocycles. The van der Waals surface area contributed by atoms with E-state index in [9.17, 15) is 0 Å². The van der Waals surface area contributed by atoms with Crippen LogP contribution in [-0.4, -0.2) is 19.8 Å². The molecular formula is C17H21NO2S. The Hall–Kier alpha value is -1.52. The second kappa shape index (κ2) is 6.50. The van der Waals surface area contributed by atoms with E-state index in [2.05, 4.69) is 35.8 Å². The quantitative estimate of drug-likeness (QED) is 0.838. The summed E-state index contributed by atoms with van der Waals surface area (Å²) in [6.07, 6.45) is 2.79. The maximum atomic E-state index is 5.91. The SMILES string of the molecule is CCNC(c1cccc(OC2CC2)c1)c1sccc1OC. The number of hydrogen-bond donors (Lipinski definition) is 1. The normalized spacial score (nSPS) is 15.7. The highest BCUT2D eigenvalue weighted by molar-refractivity contribution is 7.10. The first-order valence-electron chi connectivity index (χ1n) is 7.43. The van der Waals surface area contributed by atoms with Crippen LogP contribution < -0.4 is 14.8 Å². The average molecular weight is 303 g/mol. The molecule has 0 amide bonds. The standard InChI is InChI=1S/C17H21NO2S/c1-3-18-16(17-15(19-2)9-10-21-17)12-5-4-6-14(11-12)20-13-7-8-13/h4-6,9-11,13,16,18H,3,7-8H2,1-2H3. The van der Waals surface area contributed by atoms with Crippen LogP contribution in [0.5, 0.6) is 11.5 Å². The molecule has 0 aliphatic heterocycles. The van der Waals surface area contributed by atoms with Gasteiger partial charge in [-0.2, -0.15) is 0 Å². The van der Waals surface area contributed by atoms with Gasteiger partial charge >= 0.3 is 0 Å². The third-order valence-corrected chi connectivity index (χ3v) is 4.53. The number of hydrogen-bond acceptors (Lipinski definition) is 4. The van der Waals surface area contributed by atoms with Crippen molar-refractivity contribution in [1.82, 2.24) is 5.32 Å². The lowest BCUT2D eigenvalue weighted by molar-refractivity contribution is 0.302. The van der Waals surface area contributed by atoms with Gasteiger partial charge in [-0.25, -0.2) is 0 Å². The molecule has 1 aliphatic rings. The first-order valence-corrected chi connectivity index (χ1v) is 8.31. The highest BCUT2D eigenvalue weighted by Crippen LogP contribution is 2.36. The van der Waals surface area contributed by atoms with Gasteiger partial charge in [-0.15, -0.1) is 11.3 Å². The number of ether oxygens (including phenoxy) is 2. The number of rotatable bonds is 7. The third-order valence-electron chi connectivity index (χ3n) is 3.57. The smallest absolute Gasteiger partial charge is 0.134 e. The highest BCUT2D eigenvalue weighted by atomic mass is 32.1. The average Bonchev–Trinajstić information content (AvgIpc) is 3.19. The molecule has 0 radical (unpaired) electrons. The second-order valence-corrected chi connectivity index (χ2v) is 6.18. The molecule has 1 N–H and O–H groups in total. The minimum absolute atomic E-state index is 0.146. The Labute approximate surface area is 129 Å². The summed E-state index contributed by atoms with van der Waals surface area (Å²) in [4.78, 5) is 1.21. The van der Waals surface area contributed by atoms with Crippen LogP contribution in [0.4, 0.5) is 0 Å². The lowest BCUT2D eigenvalue weighted by atomic mass is 10.0. The van der Waals surface area contributed by atoms with Crippen LogP contribution in [0.2, 0.25) is 0 Å². The third kappa shape index (κ3) is 3.39. The fraction of sp³-hybridized carbons (Fsp3) is 0.412. The van der Waals surface area contributed by atoms with Gasteiger partial charge in [0, 0.05) is 0 Å². The van der Waals surface area contributed by atoms with Crippen LogP contribution >= 0.6 is 11.3 Å². The van der Waals surface area contributed by atoms with Crippen molar-refractivity contribution in [1.29, 1.82) is 0 Å². The van der Waals surface area contributed by atoms with Crippen molar-refractivity contribution in [2.24, 2.45) is 0 Å². The molecule has 1 aliphatic carbocycles. The second-order valence-electron chi connectivity index (χ2n) is 5.23. The summed E-state index contributed by atoms with van der Waals surface area (Å²) in [6.45, 7) is 3.02. The van der Waals surface area contributed by atoms with E-state index in [1.165, 1.54) is 23.3 Å². The maximum absolute atomic E-state index is 5.91. The van der Waals surface area contributed by atoms with Crippen LogP contribution in [-0.2, 0) is 0 Å². The van der Waals surface area contributed by atoms with Crippen LogP contribution in [0.25, 0.3) is 0 Å². The zero-order valence-corrected chi connectivity index (χ0v) is 13.3. The summed E-state index contributed by atoms with van der Waals surface area (Å²) >= 11 is 1.72. The van der Waals surface area contributed by atoms with Gasteiger partial charge in [0.15, 0.2) is 0 Å².